The van der Waals surface area contributed by atoms with Gasteiger partial charge in [0.05, 0.1) is 11.9 Å². The predicted molar refractivity (Wildman–Crippen MR) is 70.0 cm³/mol. The molecule has 2 aromatic rings. The number of hydrogen-bond donors (Lipinski definition) is 0. The van der Waals surface area contributed by atoms with Crippen molar-refractivity contribution in [1.29, 1.82) is 0 Å². The highest BCUT2D eigenvalue weighted by molar-refractivity contribution is 9.09. The molecule has 0 N–H and O–H groups in total. The van der Waals surface area contributed by atoms with E-state index in [0.717, 1.165) is 12.1 Å². The Bertz CT molecular complexity index is 643. The quantitative estimate of drug-likeness (QED) is 0.427. The lowest BCUT2D eigenvalue weighted by Gasteiger charge is -2.14. The second-order valence-electron chi connectivity index (χ2n) is 4.17. The zero-order chi connectivity index (χ0) is 15.7. The monoisotopic (exact) mass is 366 g/mol. The number of halogens is 6. The molecule has 2 rings (SSSR count). The smallest absolute Gasteiger partial charge is 0.194 e. The molecule has 0 heterocycles. The molecule has 0 amide bonds. The SMILES string of the molecule is COc1cc(F)c(C(Br)c2cc(F)c(F)c(F)c2)c(F)c1. The third-order valence-corrected chi connectivity index (χ3v) is 3.83. The van der Waals surface area contributed by atoms with Crippen LogP contribution >= 0.6 is 15.9 Å². The van der Waals surface area contributed by atoms with Gasteiger partial charge in [0.25, 0.3) is 0 Å². The molecule has 112 valence electrons. The molecule has 1 unspecified atom stereocenters. The number of benzene rings is 2. The number of rotatable bonds is 3. The van der Waals surface area contributed by atoms with E-state index in [-0.39, 0.29) is 11.3 Å². The summed E-state index contributed by atoms with van der Waals surface area (Å²) in [6, 6.07) is 3.20. The van der Waals surface area contributed by atoms with Crippen molar-refractivity contribution in [2.75, 3.05) is 7.11 Å². The molecule has 0 aliphatic heterocycles. The van der Waals surface area contributed by atoms with Gasteiger partial charge in [0, 0.05) is 17.7 Å². The molecule has 7 heteroatoms. The first-order valence-corrected chi connectivity index (χ1v) is 6.58. The molecule has 2 aromatic carbocycles. The van der Waals surface area contributed by atoms with Crippen molar-refractivity contribution >= 4 is 15.9 Å². The second-order valence-corrected chi connectivity index (χ2v) is 5.08. The fourth-order valence-corrected chi connectivity index (χ4v) is 2.51. The maximum atomic E-state index is 13.9. The number of ether oxygens (including phenoxy) is 1. The van der Waals surface area contributed by atoms with Gasteiger partial charge >= 0.3 is 0 Å². The fourth-order valence-electron chi connectivity index (χ4n) is 1.81. The normalized spacial score (nSPS) is 12.3. The topological polar surface area (TPSA) is 9.23 Å². The third-order valence-electron chi connectivity index (χ3n) is 2.84. The highest BCUT2D eigenvalue weighted by Gasteiger charge is 2.23. The van der Waals surface area contributed by atoms with Crippen LogP contribution in [-0.4, -0.2) is 7.11 Å². The Morgan fingerprint density at radius 2 is 1.33 bits per heavy atom. The Morgan fingerprint density at radius 1 is 0.857 bits per heavy atom. The van der Waals surface area contributed by atoms with Gasteiger partial charge in [-0.3, -0.25) is 0 Å². The van der Waals surface area contributed by atoms with Crippen LogP contribution < -0.4 is 4.74 Å². The first-order valence-electron chi connectivity index (χ1n) is 5.66. The maximum absolute atomic E-state index is 13.9. The minimum Gasteiger partial charge on any atom is -0.497 e. The molecular weight excluding hydrogens is 359 g/mol. The van der Waals surface area contributed by atoms with Gasteiger partial charge in [-0.1, -0.05) is 15.9 Å². The first kappa shape index (κ1) is 15.8. The van der Waals surface area contributed by atoms with E-state index in [9.17, 15) is 22.0 Å². The Kier molecular flexibility index (Phi) is 4.51. The summed E-state index contributed by atoms with van der Waals surface area (Å²) in [7, 11) is 1.24. The standard InChI is InChI=1S/C14H8BrF5O/c1-21-7-4-8(16)12(9(17)5-7)13(15)6-2-10(18)14(20)11(19)3-6/h2-5,13H,1H3. The summed E-state index contributed by atoms with van der Waals surface area (Å²) in [5.41, 5.74) is -0.615. The van der Waals surface area contributed by atoms with Crippen molar-refractivity contribution in [3.05, 3.63) is 64.5 Å². The minimum absolute atomic E-state index is 0.0371. The van der Waals surface area contributed by atoms with Crippen molar-refractivity contribution in [3.63, 3.8) is 0 Å². The van der Waals surface area contributed by atoms with E-state index in [1.807, 2.05) is 0 Å². The summed E-state index contributed by atoms with van der Waals surface area (Å²) >= 11 is 2.96. The van der Waals surface area contributed by atoms with Crippen molar-refractivity contribution in [1.82, 2.24) is 0 Å². The summed E-state index contributed by atoms with van der Waals surface area (Å²) in [4.78, 5) is -1.19. The molecule has 0 bridgehead atoms. The van der Waals surface area contributed by atoms with Crippen LogP contribution in [0.3, 0.4) is 0 Å². The van der Waals surface area contributed by atoms with Gasteiger partial charge < -0.3 is 4.74 Å². The van der Waals surface area contributed by atoms with Gasteiger partial charge in [-0.15, -0.1) is 0 Å². The lowest BCUT2D eigenvalue weighted by Crippen LogP contribution is -2.04. The lowest BCUT2D eigenvalue weighted by atomic mass is 10.0. The summed E-state index contributed by atoms with van der Waals surface area (Å²) in [6.07, 6.45) is 0. The highest BCUT2D eigenvalue weighted by atomic mass is 79.9. The molecule has 0 saturated carbocycles. The van der Waals surface area contributed by atoms with Crippen molar-refractivity contribution in [2.45, 2.75) is 4.83 Å². The van der Waals surface area contributed by atoms with Crippen molar-refractivity contribution < 1.29 is 26.7 Å². The van der Waals surface area contributed by atoms with Gasteiger partial charge in [-0.05, 0) is 17.7 Å². The van der Waals surface area contributed by atoms with Crippen LogP contribution in [0.25, 0.3) is 0 Å². The zero-order valence-corrected chi connectivity index (χ0v) is 12.1. The molecule has 0 aliphatic rings. The Balaban J connectivity index is 2.52. The van der Waals surface area contributed by atoms with Crippen molar-refractivity contribution in [2.24, 2.45) is 0 Å². The summed E-state index contributed by atoms with van der Waals surface area (Å²) in [5.74, 6) is -6.48. The van der Waals surface area contributed by atoms with E-state index in [2.05, 4.69) is 15.9 Å². The van der Waals surface area contributed by atoms with Crippen LogP contribution in [-0.2, 0) is 0 Å². The fraction of sp³-hybridized carbons (Fsp3) is 0.143. The summed E-state index contributed by atoms with van der Waals surface area (Å²) in [6.45, 7) is 0. The summed E-state index contributed by atoms with van der Waals surface area (Å²) in [5, 5.41) is 0. The maximum Gasteiger partial charge on any atom is 0.194 e. The average Bonchev–Trinajstić information content (AvgIpc) is 2.43. The Hall–Kier alpha value is -1.63. The molecule has 0 radical (unpaired) electrons. The van der Waals surface area contributed by atoms with Gasteiger partial charge in [0.2, 0.25) is 0 Å². The van der Waals surface area contributed by atoms with Crippen LogP contribution in [0.2, 0.25) is 0 Å². The molecule has 0 spiro atoms. The van der Waals surface area contributed by atoms with Gasteiger partial charge in [0.1, 0.15) is 17.4 Å². The number of hydrogen-bond acceptors (Lipinski definition) is 1. The van der Waals surface area contributed by atoms with Gasteiger partial charge in [0.15, 0.2) is 17.5 Å². The molecule has 21 heavy (non-hydrogen) atoms. The van der Waals surface area contributed by atoms with E-state index < -0.39 is 39.5 Å². The molecule has 1 nitrogen and oxygen atoms in total. The van der Waals surface area contributed by atoms with Crippen LogP contribution in [0.1, 0.15) is 16.0 Å². The number of methoxy groups -OCH3 is 1. The van der Waals surface area contributed by atoms with E-state index in [4.69, 9.17) is 4.74 Å². The summed E-state index contributed by atoms with van der Waals surface area (Å²) < 4.78 is 71.8. The molecule has 0 saturated heterocycles. The van der Waals surface area contributed by atoms with E-state index in [0.29, 0.717) is 12.1 Å². The van der Waals surface area contributed by atoms with Gasteiger partial charge in [-0.2, -0.15) is 0 Å². The molecule has 0 fully saturated rings. The van der Waals surface area contributed by atoms with Gasteiger partial charge in [-0.25, -0.2) is 22.0 Å². The largest absolute Gasteiger partial charge is 0.497 e. The average molecular weight is 367 g/mol. The first-order chi connectivity index (χ1) is 9.85. The molecule has 0 aromatic heterocycles. The Morgan fingerprint density at radius 3 is 1.76 bits per heavy atom. The van der Waals surface area contributed by atoms with E-state index in [1.54, 1.807) is 0 Å². The lowest BCUT2D eigenvalue weighted by molar-refractivity contribution is 0.405. The van der Waals surface area contributed by atoms with Crippen LogP contribution in [0.15, 0.2) is 24.3 Å². The van der Waals surface area contributed by atoms with E-state index >= 15 is 0 Å². The molecule has 0 aliphatic carbocycles. The molecule has 1 atom stereocenters. The predicted octanol–water partition coefficient (Wildman–Crippen LogP) is 4.88. The molecular formula is C14H8BrF5O. The van der Waals surface area contributed by atoms with Crippen LogP contribution in [0.4, 0.5) is 22.0 Å². The second kappa shape index (κ2) is 6.01. The minimum atomic E-state index is -1.64. The van der Waals surface area contributed by atoms with Crippen molar-refractivity contribution in [3.8, 4) is 5.75 Å². The Labute approximate surface area is 125 Å². The van der Waals surface area contributed by atoms with Crippen LogP contribution in [0, 0.1) is 29.1 Å². The van der Waals surface area contributed by atoms with E-state index in [1.165, 1.54) is 7.11 Å². The third kappa shape index (κ3) is 3.02. The zero-order valence-electron chi connectivity index (χ0n) is 10.6. The highest BCUT2D eigenvalue weighted by Crippen LogP contribution is 2.36. The number of alkyl halides is 1. The van der Waals surface area contributed by atoms with Crippen LogP contribution in [0.5, 0.6) is 5.75 Å².